The summed E-state index contributed by atoms with van der Waals surface area (Å²) in [5, 5.41) is 12.2. The van der Waals surface area contributed by atoms with Gasteiger partial charge in [-0.1, -0.05) is 6.92 Å². The number of hydrogen-bond acceptors (Lipinski definition) is 3. The summed E-state index contributed by atoms with van der Waals surface area (Å²) in [7, 11) is 0. The smallest absolute Gasteiger partial charge is 0.393 e. The van der Waals surface area contributed by atoms with Crippen molar-refractivity contribution in [3.05, 3.63) is 0 Å². The zero-order valence-corrected chi connectivity index (χ0v) is 12.0. The van der Waals surface area contributed by atoms with Crippen molar-refractivity contribution in [2.24, 2.45) is 5.92 Å². The highest BCUT2D eigenvalue weighted by Crippen LogP contribution is 2.33. The maximum atomic E-state index is 12.8. The molecule has 1 aliphatic rings. The molecule has 0 bridgehead atoms. The molecule has 0 aromatic carbocycles. The van der Waals surface area contributed by atoms with Gasteiger partial charge in [-0.2, -0.15) is 13.2 Å². The number of piperidine rings is 1. The molecule has 1 fully saturated rings. The Bertz CT molecular complexity index is 336. The fourth-order valence-electron chi connectivity index (χ4n) is 2.51. The van der Waals surface area contributed by atoms with E-state index in [1.54, 1.807) is 4.90 Å². The van der Waals surface area contributed by atoms with Gasteiger partial charge in [0, 0.05) is 13.1 Å². The average Bonchev–Trinajstić information content (AvgIpc) is 2.35. The van der Waals surface area contributed by atoms with Crippen LogP contribution in [0.3, 0.4) is 0 Å². The highest BCUT2D eigenvalue weighted by molar-refractivity contribution is 5.78. The lowest BCUT2D eigenvalue weighted by molar-refractivity contribution is -0.187. The quantitative estimate of drug-likeness (QED) is 0.788. The van der Waals surface area contributed by atoms with Gasteiger partial charge in [-0.25, -0.2) is 0 Å². The number of hydrogen-bond donors (Lipinski definition) is 2. The van der Waals surface area contributed by atoms with E-state index in [-0.39, 0.29) is 19.5 Å². The Morgan fingerprint density at radius 2 is 2.10 bits per heavy atom. The van der Waals surface area contributed by atoms with E-state index in [1.165, 1.54) is 6.92 Å². The number of carbonyl (C=O) groups is 1. The first-order valence-corrected chi connectivity index (χ1v) is 6.96. The SMILES string of the molecule is CCCNC(C)(CN1CCCC(C(F)(F)F)C1)C(=O)O. The number of carboxylic acid groups (broad SMARTS) is 1. The lowest BCUT2D eigenvalue weighted by Gasteiger charge is -2.38. The Morgan fingerprint density at radius 3 is 2.60 bits per heavy atom. The Kier molecular flexibility index (Phi) is 5.82. The van der Waals surface area contributed by atoms with E-state index in [0.717, 1.165) is 6.42 Å². The van der Waals surface area contributed by atoms with Crippen LogP contribution in [0.25, 0.3) is 0 Å². The maximum Gasteiger partial charge on any atom is 0.393 e. The topological polar surface area (TPSA) is 52.6 Å². The summed E-state index contributed by atoms with van der Waals surface area (Å²) in [4.78, 5) is 13.0. The van der Waals surface area contributed by atoms with Crippen LogP contribution in [0, 0.1) is 5.92 Å². The highest BCUT2D eigenvalue weighted by atomic mass is 19.4. The van der Waals surface area contributed by atoms with Crippen molar-refractivity contribution >= 4 is 5.97 Å². The molecule has 118 valence electrons. The highest BCUT2D eigenvalue weighted by Gasteiger charge is 2.43. The molecular formula is C13H23F3N2O2. The van der Waals surface area contributed by atoms with Crippen molar-refractivity contribution < 1.29 is 23.1 Å². The Labute approximate surface area is 117 Å². The van der Waals surface area contributed by atoms with Crippen molar-refractivity contribution in [2.45, 2.75) is 44.8 Å². The fraction of sp³-hybridized carbons (Fsp3) is 0.923. The van der Waals surface area contributed by atoms with E-state index in [0.29, 0.717) is 19.5 Å². The third-order valence-corrected chi connectivity index (χ3v) is 3.75. The molecule has 4 nitrogen and oxygen atoms in total. The molecule has 2 atom stereocenters. The van der Waals surface area contributed by atoms with E-state index in [2.05, 4.69) is 5.32 Å². The summed E-state index contributed by atoms with van der Waals surface area (Å²) in [6.07, 6.45) is -2.84. The van der Waals surface area contributed by atoms with Crippen molar-refractivity contribution in [3.8, 4) is 0 Å². The van der Waals surface area contributed by atoms with Crippen LogP contribution in [0.15, 0.2) is 0 Å². The molecule has 1 rings (SSSR count). The van der Waals surface area contributed by atoms with Crippen LogP contribution in [0.5, 0.6) is 0 Å². The summed E-state index contributed by atoms with van der Waals surface area (Å²) in [5.41, 5.74) is -1.20. The normalized spacial score (nSPS) is 24.4. The molecule has 0 spiro atoms. The second-order valence-corrected chi connectivity index (χ2v) is 5.68. The molecule has 0 aromatic rings. The van der Waals surface area contributed by atoms with Crippen molar-refractivity contribution in [1.82, 2.24) is 10.2 Å². The summed E-state index contributed by atoms with van der Waals surface area (Å²) in [5.74, 6) is -2.37. The van der Waals surface area contributed by atoms with Crippen molar-refractivity contribution in [2.75, 3.05) is 26.2 Å². The van der Waals surface area contributed by atoms with E-state index < -0.39 is 23.6 Å². The van der Waals surface area contributed by atoms with Gasteiger partial charge in [0.05, 0.1) is 5.92 Å². The van der Waals surface area contributed by atoms with Crippen LogP contribution < -0.4 is 5.32 Å². The second kappa shape index (κ2) is 6.76. The first-order chi connectivity index (χ1) is 9.19. The molecule has 20 heavy (non-hydrogen) atoms. The predicted octanol–water partition coefficient (Wildman–Crippen LogP) is 2.10. The van der Waals surface area contributed by atoms with E-state index in [1.807, 2.05) is 6.92 Å². The standard InChI is InChI=1S/C13H23F3N2O2/c1-3-6-17-12(2,11(19)20)9-18-7-4-5-10(8-18)13(14,15)16/h10,17H,3-9H2,1-2H3,(H,19,20). The maximum absolute atomic E-state index is 12.8. The molecule has 0 amide bonds. The molecule has 1 aliphatic heterocycles. The first-order valence-electron chi connectivity index (χ1n) is 6.96. The molecule has 0 aliphatic carbocycles. The summed E-state index contributed by atoms with van der Waals surface area (Å²) >= 11 is 0. The largest absolute Gasteiger partial charge is 0.480 e. The fourth-order valence-corrected chi connectivity index (χ4v) is 2.51. The van der Waals surface area contributed by atoms with Gasteiger partial charge in [-0.05, 0) is 39.3 Å². The van der Waals surface area contributed by atoms with Gasteiger partial charge in [0.25, 0.3) is 0 Å². The minimum absolute atomic E-state index is 0.0922. The van der Waals surface area contributed by atoms with Crippen molar-refractivity contribution in [1.29, 1.82) is 0 Å². The van der Waals surface area contributed by atoms with Gasteiger partial charge >= 0.3 is 12.1 Å². The summed E-state index contributed by atoms with van der Waals surface area (Å²) in [6, 6.07) is 0. The molecule has 0 saturated carbocycles. The van der Waals surface area contributed by atoms with Gasteiger partial charge in [0.1, 0.15) is 5.54 Å². The molecule has 1 saturated heterocycles. The average molecular weight is 296 g/mol. The minimum Gasteiger partial charge on any atom is -0.480 e. The molecule has 2 unspecified atom stereocenters. The summed E-state index contributed by atoms with van der Waals surface area (Å²) in [6.45, 7) is 4.47. The van der Waals surface area contributed by atoms with Crippen LogP contribution >= 0.6 is 0 Å². The van der Waals surface area contributed by atoms with Gasteiger partial charge in [0.2, 0.25) is 0 Å². The van der Waals surface area contributed by atoms with Gasteiger partial charge in [-0.15, -0.1) is 0 Å². The summed E-state index contributed by atoms with van der Waals surface area (Å²) < 4.78 is 38.3. The molecule has 0 aromatic heterocycles. The van der Waals surface area contributed by atoms with Gasteiger partial charge in [0.15, 0.2) is 0 Å². The Hall–Kier alpha value is -0.820. The Balaban J connectivity index is 2.66. The number of carboxylic acids is 1. The number of rotatable bonds is 6. The van der Waals surface area contributed by atoms with Crippen LogP contribution in [0.2, 0.25) is 0 Å². The third-order valence-electron chi connectivity index (χ3n) is 3.75. The monoisotopic (exact) mass is 296 g/mol. The zero-order valence-electron chi connectivity index (χ0n) is 12.0. The predicted molar refractivity (Wildman–Crippen MR) is 69.6 cm³/mol. The molecule has 0 radical (unpaired) electrons. The molecular weight excluding hydrogens is 273 g/mol. The molecule has 1 heterocycles. The molecule has 7 heteroatoms. The number of alkyl halides is 3. The number of nitrogens with zero attached hydrogens (tertiary/aromatic N) is 1. The van der Waals surface area contributed by atoms with Crippen molar-refractivity contribution in [3.63, 3.8) is 0 Å². The lowest BCUT2D eigenvalue weighted by Crippen LogP contribution is -2.58. The van der Waals surface area contributed by atoms with Crippen LogP contribution in [-0.4, -0.2) is 53.9 Å². The first kappa shape index (κ1) is 17.2. The van der Waals surface area contributed by atoms with E-state index in [9.17, 15) is 23.1 Å². The van der Waals surface area contributed by atoms with E-state index >= 15 is 0 Å². The number of aliphatic carboxylic acids is 1. The van der Waals surface area contributed by atoms with Gasteiger partial charge in [-0.3, -0.25) is 4.79 Å². The van der Waals surface area contributed by atoms with Gasteiger partial charge < -0.3 is 15.3 Å². The number of likely N-dealkylation sites (tertiary alicyclic amines) is 1. The number of nitrogens with one attached hydrogen (secondary N) is 1. The second-order valence-electron chi connectivity index (χ2n) is 5.68. The van der Waals surface area contributed by atoms with Crippen LogP contribution in [0.1, 0.15) is 33.1 Å². The Morgan fingerprint density at radius 1 is 1.45 bits per heavy atom. The zero-order chi connectivity index (χ0) is 15.4. The minimum atomic E-state index is -4.20. The third kappa shape index (κ3) is 4.63. The molecule has 2 N–H and O–H groups in total. The van der Waals surface area contributed by atoms with Crippen LogP contribution in [-0.2, 0) is 4.79 Å². The number of halogens is 3. The van der Waals surface area contributed by atoms with Crippen LogP contribution in [0.4, 0.5) is 13.2 Å². The van der Waals surface area contributed by atoms with E-state index in [4.69, 9.17) is 0 Å². The lowest BCUT2D eigenvalue weighted by atomic mass is 9.94.